The van der Waals surface area contributed by atoms with E-state index in [0.29, 0.717) is 10.7 Å². The summed E-state index contributed by atoms with van der Waals surface area (Å²) in [6.45, 7) is -0.127. The second-order valence-corrected chi connectivity index (χ2v) is 5.62. The Balaban J connectivity index is 1.98. The molecule has 2 rings (SSSR count). The first-order chi connectivity index (χ1) is 11.3. The molecule has 0 aliphatic heterocycles. The van der Waals surface area contributed by atoms with E-state index in [1.807, 2.05) is 6.26 Å². The fourth-order valence-electron chi connectivity index (χ4n) is 1.90. The Morgan fingerprint density at radius 2 is 2.04 bits per heavy atom. The van der Waals surface area contributed by atoms with Crippen molar-refractivity contribution in [3.63, 3.8) is 0 Å². The van der Waals surface area contributed by atoms with Crippen LogP contribution < -0.4 is 5.73 Å². The van der Waals surface area contributed by atoms with Crippen LogP contribution in [0, 0.1) is 0 Å². The van der Waals surface area contributed by atoms with E-state index < -0.39 is 17.7 Å². The topological polar surface area (TPSA) is 78.1 Å². The first-order valence-corrected chi connectivity index (χ1v) is 7.99. The molecule has 0 radical (unpaired) electrons. The SMILES string of the molecule is CSc1cc(COC(=O)Cc2cccc(C(F)(F)F)c2)nc(N)n1. The molecule has 2 N–H and O–H groups in total. The van der Waals surface area contributed by atoms with Gasteiger partial charge in [0.2, 0.25) is 5.95 Å². The van der Waals surface area contributed by atoms with Crippen molar-refractivity contribution in [1.82, 2.24) is 9.97 Å². The average Bonchev–Trinajstić information content (AvgIpc) is 2.52. The van der Waals surface area contributed by atoms with Gasteiger partial charge in [0, 0.05) is 0 Å². The molecule has 0 aliphatic carbocycles. The minimum atomic E-state index is -4.45. The van der Waals surface area contributed by atoms with Crippen LogP contribution in [0.15, 0.2) is 35.4 Å². The second-order valence-electron chi connectivity index (χ2n) is 4.80. The van der Waals surface area contributed by atoms with Gasteiger partial charge in [0.15, 0.2) is 0 Å². The van der Waals surface area contributed by atoms with Crippen molar-refractivity contribution in [2.75, 3.05) is 12.0 Å². The second kappa shape index (κ2) is 7.52. The lowest BCUT2D eigenvalue weighted by atomic mass is 10.1. The molecule has 1 heterocycles. The van der Waals surface area contributed by atoms with Crippen molar-refractivity contribution in [3.8, 4) is 0 Å². The van der Waals surface area contributed by atoms with Crippen LogP contribution >= 0.6 is 11.8 Å². The number of alkyl halides is 3. The van der Waals surface area contributed by atoms with E-state index in [4.69, 9.17) is 10.5 Å². The lowest BCUT2D eigenvalue weighted by Crippen LogP contribution is -2.11. The number of hydrogen-bond acceptors (Lipinski definition) is 6. The highest BCUT2D eigenvalue weighted by Gasteiger charge is 2.30. The number of benzene rings is 1. The first kappa shape index (κ1) is 18.1. The van der Waals surface area contributed by atoms with Gasteiger partial charge in [0.25, 0.3) is 0 Å². The van der Waals surface area contributed by atoms with Crippen molar-refractivity contribution in [3.05, 3.63) is 47.2 Å². The van der Waals surface area contributed by atoms with Crippen LogP contribution in [-0.2, 0) is 28.7 Å². The Morgan fingerprint density at radius 1 is 1.29 bits per heavy atom. The minimum absolute atomic E-state index is 0.0609. The molecular formula is C15H14F3N3O2S. The molecule has 5 nitrogen and oxygen atoms in total. The molecule has 1 aromatic heterocycles. The number of rotatable bonds is 5. The summed E-state index contributed by atoms with van der Waals surface area (Å²) >= 11 is 1.36. The van der Waals surface area contributed by atoms with Gasteiger partial charge < -0.3 is 10.5 Å². The molecule has 1 aromatic carbocycles. The van der Waals surface area contributed by atoms with Gasteiger partial charge in [-0.1, -0.05) is 18.2 Å². The Hall–Kier alpha value is -2.29. The van der Waals surface area contributed by atoms with Gasteiger partial charge in [-0.05, 0) is 24.0 Å². The summed E-state index contributed by atoms with van der Waals surface area (Å²) in [5.41, 5.74) is 5.38. The van der Waals surface area contributed by atoms with E-state index in [1.165, 1.54) is 23.9 Å². The lowest BCUT2D eigenvalue weighted by molar-refractivity contribution is -0.144. The number of nitrogens with zero attached hydrogens (tertiary/aromatic N) is 2. The summed E-state index contributed by atoms with van der Waals surface area (Å²) in [7, 11) is 0. The highest BCUT2D eigenvalue weighted by Crippen LogP contribution is 2.29. The van der Waals surface area contributed by atoms with Crippen LogP contribution in [0.2, 0.25) is 0 Å². The zero-order chi connectivity index (χ0) is 17.7. The van der Waals surface area contributed by atoms with Gasteiger partial charge in [-0.2, -0.15) is 13.2 Å². The normalized spacial score (nSPS) is 11.3. The number of halogens is 3. The molecule has 0 saturated carbocycles. The van der Waals surface area contributed by atoms with Crippen LogP contribution in [0.4, 0.5) is 19.1 Å². The maximum Gasteiger partial charge on any atom is 0.416 e. The molecule has 0 atom stereocenters. The maximum absolute atomic E-state index is 12.6. The summed E-state index contributed by atoms with van der Waals surface area (Å²) in [6, 6.07) is 6.18. The predicted octanol–water partition coefficient (Wildman–Crippen LogP) is 3.09. The van der Waals surface area contributed by atoms with E-state index in [-0.39, 0.29) is 24.5 Å². The Labute approximate surface area is 140 Å². The molecule has 0 amide bonds. The number of carbonyl (C=O) groups is 1. The molecule has 2 aromatic rings. The molecule has 128 valence electrons. The van der Waals surface area contributed by atoms with Crippen LogP contribution in [-0.4, -0.2) is 22.2 Å². The number of aromatic nitrogens is 2. The smallest absolute Gasteiger partial charge is 0.416 e. The van der Waals surface area contributed by atoms with E-state index in [2.05, 4.69) is 9.97 Å². The van der Waals surface area contributed by atoms with Crippen molar-refractivity contribution < 1.29 is 22.7 Å². The van der Waals surface area contributed by atoms with Crippen LogP contribution in [0.1, 0.15) is 16.8 Å². The average molecular weight is 357 g/mol. The third-order valence-electron chi connectivity index (χ3n) is 2.97. The van der Waals surface area contributed by atoms with Crippen molar-refractivity contribution in [2.24, 2.45) is 0 Å². The molecule has 0 saturated heterocycles. The number of ether oxygens (including phenoxy) is 1. The fraction of sp³-hybridized carbons (Fsp3) is 0.267. The van der Waals surface area contributed by atoms with Crippen molar-refractivity contribution in [2.45, 2.75) is 24.2 Å². The summed E-state index contributed by atoms with van der Waals surface area (Å²) in [5, 5.41) is 0.631. The molecule has 0 aliphatic rings. The standard InChI is InChI=1S/C15H14F3N3O2S/c1-24-12-7-11(20-14(19)21-12)8-23-13(22)6-9-3-2-4-10(5-9)15(16,17)18/h2-5,7H,6,8H2,1H3,(H2,19,20,21). The van der Waals surface area contributed by atoms with Crippen LogP contribution in [0.5, 0.6) is 0 Å². The Morgan fingerprint density at radius 3 is 2.71 bits per heavy atom. The van der Waals surface area contributed by atoms with Gasteiger partial charge >= 0.3 is 12.1 Å². The van der Waals surface area contributed by atoms with Crippen LogP contribution in [0.25, 0.3) is 0 Å². The summed E-state index contributed by atoms with van der Waals surface area (Å²) in [4.78, 5) is 19.7. The van der Waals surface area contributed by atoms with Gasteiger partial charge in [0.1, 0.15) is 11.6 Å². The number of nitrogens with two attached hydrogens (primary N) is 1. The largest absolute Gasteiger partial charge is 0.459 e. The Bertz CT molecular complexity index is 738. The quantitative estimate of drug-likeness (QED) is 0.503. The minimum Gasteiger partial charge on any atom is -0.459 e. The number of esters is 1. The third kappa shape index (κ3) is 5.12. The molecule has 0 fully saturated rings. The monoisotopic (exact) mass is 357 g/mol. The highest BCUT2D eigenvalue weighted by molar-refractivity contribution is 7.98. The zero-order valence-corrected chi connectivity index (χ0v) is 13.4. The van der Waals surface area contributed by atoms with E-state index in [0.717, 1.165) is 12.1 Å². The highest BCUT2D eigenvalue weighted by atomic mass is 32.2. The third-order valence-corrected chi connectivity index (χ3v) is 3.59. The first-order valence-electron chi connectivity index (χ1n) is 6.77. The summed E-state index contributed by atoms with van der Waals surface area (Å²) in [6.07, 6.45) is -2.91. The van der Waals surface area contributed by atoms with Gasteiger partial charge in [0.05, 0.1) is 17.7 Å². The maximum atomic E-state index is 12.6. The van der Waals surface area contributed by atoms with E-state index >= 15 is 0 Å². The molecule has 0 unspecified atom stereocenters. The lowest BCUT2D eigenvalue weighted by Gasteiger charge is -2.09. The zero-order valence-electron chi connectivity index (χ0n) is 12.6. The van der Waals surface area contributed by atoms with Crippen molar-refractivity contribution >= 4 is 23.7 Å². The Kier molecular flexibility index (Phi) is 5.66. The predicted molar refractivity (Wildman–Crippen MR) is 83.2 cm³/mol. The van der Waals surface area contributed by atoms with Gasteiger partial charge in [-0.3, -0.25) is 4.79 Å². The molecule has 0 spiro atoms. The van der Waals surface area contributed by atoms with Gasteiger partial charge in [-0.15, -0.1) is 11.8 Å². The molecule has 0 bridgehead atoms. The summed E-state index contributed by atoms with van der Waals surface area (Å²) < 4.78 is 43.0. The number of carbonyl (C=O) groups excluding carboxylic acids is 1. The van der Waals surface area contributed by atoms with E-state index in [1.54, 1.807) is 6.07 Å². The number of anilines is 1. The summed E-state index contributed by atoms with van der Waals surface area (Å²) in [5.74, 6) is -0.594. The molecule has 9 heteroatoms. The molecular weight excluding hydrogens is 343 g/mol. The van der Waals surface area contributed by atoms with Crippen LogP contribution in [0.3, 0.4) is 0 Å². The molecule has 24 heavy (non-hydrogen) atoms. The van der Waals surface area contributed by atoms with E-state index in [9.17, 15) is 18.0 Å². The number of thioether (sulfide) groups is 1. The fourth-order valence-corrected chi connectivity index (χ4v) is 2.34. The van der Waals surface area contributed by atoms with Crippen molar-refractivity contribution in [1.29, 1.82) is 0 Å². The number of nitrogen functional groups attached to an aromatic ring is 1. The number of hydrogen-bond donors (Lipinski definition) is 1. The van der Waals surface area contributed by atoms with Gasteiger partial charge in [-0.25, -0.2) is 9.97 Å².